The molecule has 1 aliphatic heterocycles. The molecular weight excluding hydrogens is 172 g/mol. The lowest BCUT2D eigenvalue weighted by Gasteiger charge is -2.08. The van der Waals surface area contributed by atoms with Crippen LogP contribution in [0.1, 0.15) is 37.3 Å². The smallest absolute Gasteiger partial charge is 0.122 e. The molecule has 1 aliphatic carbocycles. The third kappa shape index (κ3) is 1.08. The van der Waals surface area contributed by atoms with E-state index in [4.69, 9.17) is 4.74 Å². The Bertz CT molecular complexity index is 379. The first-order valence-electron chi connectivity index (χ1n) is 5.43. The molecule has 2 aliphatic rings. The van der Waals surface area contributed by atoms with Crippen molar-refractivity contribution in [3.63, 3.8) is 0 Å². The lowest BCUT2D eigenvalue weighted by Crippen LogP contribution is -1.94. The second kappa shape index (κ2) is 2.53. The average Bonchev–Trinajstić information content (AvgIpc) is 2.64. The summed E-state index contributed by atoms with van der Waals surface area (Å²) in [5.41, 5.74) is 3.55. The zero-order chi connectivity index (χ0) is 9.76. The zero-order valence-electron chi connectivity index (χ0n) is 8.84. The van der Waals surface area contributed by atoms with Crippen LogP contribution < -0.4 is 4.74 Å². The number of rotatable bonds is 1. The summed E-state index contributed by atoms with van der Waals surface area (Å²) in [6.07, 6.45) is 2.45. The van der Waals surface area contributed by atoms with E-state index in [-0.39, 0.29) is 0 Å². The van der Waals surface area contributed by atoms with Crippen molar-refractivity contribution in [2.75, 3.05) is 6.61 Å². The van der Waals surface area contributed by atoms with Gasteiger partial charge in [-0.15, -0.1) is 0 Å². The van der Waals surface area contributed by atoms with Crippen molar-refractivity contribution < 1.29 is 4.74 Å². The number of fused-ring (bicyclic) bond motifs is 1. The van der Waals surface area contributed by atoms with Crippen LogP contribution in [0, 0.1) is 5.41 Å². The summed E-state index contributed by atoms with van der Waals surface area (Å²) in [5, 5.41) is 0. The van der Waals surface area contributed by atoms with Gasteiger partial charge in [0.25, 0.3) is 0 Å². The monoisotopic (exact) mass is 188 g/mol. The summed E-state index contributed by atoms with van der Waals surface area (Å²) in [4.78, 5) is 0. The summed E-state index contributed by atoms with van der Waals surface area (Å²) < 4.78 is 5.59. The second-order valence-electron chi connectivity index (χ2n) is 5.17. The van der Waals surface area contributed by atoms with E-state index < -0.39 is 0 Å². The van der Waals surface area contributed by atoms with Crippen molar-refractivity contribution in [2.24, 2.45) is 5.41 Å². The minimum absolute atomic E-state index is 0.526. The third-order valence-electron chi connectivity index (χ3n) is 3.67. The van der Waals surface area contributed by atoms with Crippen LogP contribution in [0.5, 0.6) is 5.75 Å². The van der Waals surface area contributed by atoms with Crippen molar-refractivity contribution >= 4 is 0 Å². The molecule has 1 fully saturated rings. The predicted molar refractivity (Wildman–Crippen MR) is 56.8 cm³/mol. The third-order valence-corrected chi connectivity index (χ3v) is 3.67. The summed E-state index contributed by atoms with van der Waals surface area (Å²) in [5.74, 6) is 1.91. The Morgan fingerprint density at radius 3 is 2.86 bits per heavy atom. The molecule has 1 atom stereocenters. The summed E-state index contributed by atoms with van der Waals surface area (Å²) in [6, 6.07) is 6.52. The van der Waals surface area contributed by atoms with Crippen molar-refractivity contribution in [1.82, 2.24) is 0 Å². The number of hydrogen-bond acceptors (Lipinski definition) is 1. The van der Waals surface area contributed by atoms with Gasteiger partial charge in [0.15, 0.2) is 0 Å². The Morgan fingerprint density at radius 2 is 2.14 bits per heavy atom. The molecule has 1 nitrogen and oxygen atoms in total. The molecule has 0 saturated heterocycles. The van der Waals surface area contributed by atoms with Gasteiger partial charge < -0.3 is 4.74 Å². The SMILES string of the molecule is CC1(C)CC1c1cccc2c1CCO2. The molecule has 0 aromatic heterocycles. The average molecular weight is 188 g/mol. The number of benzene rings is 1. The van der Waals surface area contributed by atoms with Crippen LogP contribution in [0.4, 0.5) is 0 Å². The molecule has 1 aromatic rings. The molecule has 1 aromatic carbocycles. The highest BCUT2D eigenvalue weighted by atomic mass is 16.5. The van der Waals surface area contributed by atoms with Crippen molar-refractivity contribution in [1.29, 1.82) is 0 Å². The van der Waals surface area contributed by atoms with Crippen LogP contribution in [0.2, 0.25) is 0 Å². The van der Waals surface area contributed by atoms with Crippen LogP contribution in [-0.4, -0.2) is 6.61 Å². The molecule has 1 unspecified atom stereocenters. The molecule has 1 saturated carbocycles. The van der Waals surface area contributed by atoms with Gasteiger partial charge in [-0.1, -0.05) is 26.0 Å². The van der Waals surface area contributed by atoms with Gasteiger partial charge in [-0.25, -0.2) is 0 Å². The Morgan fingerprint density at radius 1 is 1.36 bits per heavy atom. The molecule has 1 heterocycles. The summed E-state index contributed by atoms with van der Waals surface area (Å²) in [6.45, 7) is 5.58. The predicted octanol–water partition coefficient (Wildman–Crippen LogP) is 3.14. The minimum Gasteiger partial charge on any atom is -0.493 e. The molecule has 14 heavy (non-hydrogen) atoms. The van der Waals surface area contributed by atoms with Crippen LogP contribution in [-0.2, 0) is 6.42 Å². The zero-order valence-corrected chi connectivity index (χ0v) is 8.84. The fraction of sp³-hybridized carbons (Fsp3) is 0.538. The van der Waals surface area contributed by atoms with Crippen LogP contribution in [0.25, 0.3) is 0 Å². The normalized spacial score (nSPS) is 26.9. The Hall–Kier alpha value is -0.980. The van der Waals surface area contributed by atoms with Gasteiger partial charge in [0.2, 0.25) is 0 Å². The highest BCUT2D eigenvalue weighted by molar-refractivity contribution is 5.47. The maximum absolute atomic E-state index is 5.59. The fourth-order valence-corrected chi connectivity index (χ4v) is 2.57. The molecule has 0 N–H and O–H groups in total. The Balaban J connectivity index is 2.04. The highest BCUT2D eigenvalue weighted by Crippen LogP contribution is 2.60. The summed E-state index contributed by atoms with van der Waals surface area (Å²) in [7, 11) is 0. The van der Waals surface area contributed by atoms with Crippen LogP contribution >= 0.6 is 0 Å². The van der Waals surface area contributed by atoms with E-state index in [0.717, 1.165) is 24.7 Å². The molecular formula is C13H16O. The molecule has 74 valence electrons. The van der Waals surface area contributed by atoms with Gasteiger partial charge in [0.05, 0.1) is 6.61 Å². The quantitative estimate of drug-likeness (QED) is 0.658. The molecule has 1 heteroatoms. The van der Waals surface area contributed by atoms with Crippen molar-refractivity contribution in [2.45, 2.75) is 32.6 Å². The van der Waals surface area contributed by atoms with E-state index in [1.807, 2.05) is 0 Å². The lowest BCUT2D eigenvalue weighted by atomic mass is 9.97. The van der Waals surface area contributed by atoms with Gasteiger partial charge in [0.1, 0.15) is 5.75 Å². The van der Waals surface area contributed by atoms with Gasteiger partial charge in [-0.3, -0.25) is 0 Å². The highest BCUT2D eigenvalue weighted by Gasteiger charge is 2.47. The summed E-state index contributed by atoms with van der Waals surface area (Å²) >= 11 is 0. The van der Waals surface area contributed by atoms with E-state index in [0.29, 0.717) is 5.41 Å². The standard InChI is InChI=1S/C13H16O/c1-13(2)8-11(13)9-4-3-5-12-10(9)6-7-14-12/h3-5,11H,6-8H2,1-2H3. The topological polar surface area (TPSA) is 9.23 Å². The first-order valence-corrected chi connectivity index (χ1v) is 5.43. The largest absolute Gasteiger partial charge is 0.493 e. The molecule has 0 spiro atoms. The maximum Gasteiger partial charge on any atom is 0.122 e. The van der Waals surface area contributed by atoms with E-state index in [9.17, 15) is 0 Å². The second-order valence-corrected chi connectivity index (χ2v) is 5.17. The lowest BCUT2D eigenvalue weighted by molar-refractivity contribution is 0.357. The van der Waals surface area contributed by atoms with Crippen molar-refractivity contribution in [3.05, 3.63) is 29.3 Å². The number of hydrogen-bond donors (Lipinski definition) is 0. The van der Waals surface area contributed by atoms with E-state index in [1.165, 1.54) is 12.0 Å². The number of ether oxygens (including phenoxy) is 1. The van der Waals surface area contributed by atoms with Gasteiger partial charge >= 0.3 is 0 Å². The van der Waals surface area contributed by atoms with Gasteiger partial charge in [-0.2, -0.15) is 0 Å². The van der Waals surface area contributed by atoms with Crippen molar-refractivity contribution in [3.8, 4) is 5.75 Å². The minimum atomic E-state index is 0.526. The van der Waals surface area contributed by atoms with Gasteiger partial charge in [-0.05, 0) is 29.4 Å². The van der Waals surface area contributed by atoms with E-state index in [2.05, 4.69) is 32.0 Å². The molecule has 0 bridgehead atoms. The first kappa shape index (κ1) is 8.34. The van der Waals surface area contributed by atoms with Crippen LogP contribution in [0.3, 0.4) is 0 Å². The van der Waals surface area contributed by atoms with E-state index in [1.54, 1.807) is 5.56 Å². The Labute approximate surface area is 85.1 Å². The maximum atomic E-state index is 5.59. The molecule has 0 amide bonds. The molecule has 0 radical (unpaired) electrons. The van der Waals surface area contributed by atoms with E-state index >= 15 is 0 Å². The first-order chi connectivity index (χ1) is 6.68. The van der Waals surface area contributed by atoms with Crippen LogP contribution in [0.15, 0.2) is 18.2 Å². The fourth-order valence-electron chi connectivity index (χ4n) is 2.57. The molecule has 3 rings (SSSR count). The van der Waals surface area contributed by atoms with Gasteiger partial charge in [0, 0.05) is 12.0 Å². The Kier molecular flexibility index (Phi) is 1.51.